The molecule has 1 aliphatic carbocycles. The summed E-state index contributed by atoms with van der Waals surface area (Å²) in [6.45, 7) is 7.89. The van der Waals surface area contributed by atoms with Crippen molar-refractivity contribution in [2.24, 2.45) is 5.92 Å². The average molecular weight is 273 g/mol. The molecule has 18 heavy (non-hydrogen) atoms. The van der Waals surface area contributed by atoms with E-state index in [2.05, 4.69) is 12.2 Å². The van der Waals surface area contributed by atoms with Crippen LogP contribution >= 0.6 is 11.8 Å². The predicted molar refractivity (Wildman–Crippen MR) is 78.1 cm³/mol. The summed E-state index contributed by atoms with van der Waals surface area (Å²) in [6, 6.07) is 0.302. The summed E-state index contributed by atoms with van der Waals surface area (Å²) >= 11 is 2.00. The van der Waals surface area contributed by atoms with Gasteiger partial charge >= 0.3 is 6.09 Å². The number of carbonyl (C=O) groups is 1. The molecule has 4 heteroatoms. The first-order chi connectivity index (χ1) is 8.40. The Balaban J connectivity index is 2.31. The minimum absolute atomic E-state index is 0.267. The number of amides is 1. The molecule has 1 aliphatic rings. The zero-order valence-corrected chi connectivity index (χ0v) is 12.9. The number of hydrogen-bond donors (Lipinski definition) is 1. The van der Waals surface area contributed by atoms with Crippen molar-refractivity contribution in [1.29, 1.82) is 0 Å². The van der Waals surface area contributed by atoms with E-state index < -0.39 is 5.60 Å². The van der Waals surface area contributed by atoms with Gasteiger partial charge in [0, 0.05) is 6.04 Å². The molecule has 0 spiro atoms. The van der Waals surface area contributed by atoms with Crippen LogP contribution in [0.15, 0.2) is 0 Å². The minimum atomic E-state index is -0.407. The van der Waals surface area contributed by atoms with Crippen molar-refractivity contribution in [2.45, 2.75) is 65.0 Å². The Kier molecular flexibility index (Phi) is 6.33. The molecule has 0 radical (unpaired) electrons. The fourth-order valence-electron chi connectivity index (χ4n) is 2.33. The molecule has 2 atom stereocenters. The van der Waals surface area contributed by atoms with Crippen molar-refractivity contribution >= 4 is 17.9 Å². The Morgan fingerprint density at radius 3 is 2.72 bits per heavy atom. The molecule has 3 nitrogen and oxygen atoms in total. The van der Waals surface area contributed by atoms with E-state index in [1.54, 1.807) is 0 Å². The highest BCUT2D eigenvalue weighted by atomic mass is 32.2. The number of hydrogen-bond acceptors (Lipinski definition) is 3. The number of carbonyl (C=O) groups excluding carboxylic acids is 1. The van der Waals surface area contributed by atoms with E-state index in [-0.39, 0.29) is 6.09 Å². The van der Waals surface area contributed by atoms with Crippen LogP contribution in [0, 0.1) is 5.92 Å². The largest absolute Gasteiger partial charge is 0.444 e. The maximum Gasteiger partial charge on any atom is 0.407 e. The fraction of sp³-hybridized carbons (Fsp3) is 0.929. The van der Waals surface area contributed by atoms with Crippen molar-refractivity contribution < 1.29 is 9.53 Å². The summed E-state index contributed by atoms with van der Waals surface area (Å²) in [5, 5.41) is 3.01. The lowest BCUT2D eigenvalue weighted by atomic mass is 9.87. The third-order valence-electron chi connectivity index (χ3n) is 3.06. The fourth-order valence-corrected chi connectivity index (χ4v) is 3.20. The third-order valence-corrected chi connectivity index (χ3v) is 4.18. The van der Waals surface area contributed by atoms with E-state index in [4.69, 9.17) is 4.74 Å². The number of rotatable bonds is 4. The maximum atomic E-state index is 11.7. The SMILES string of the molecule is CCSC[C@@H]1CCC[C@@H](NC(=O)OC(C)(C)C)C1. The van der Waals surface area contributed by atoms with Crippen LogP contribution in [-0.2, 0) is 4.74 Å². The van der Waals surface area contributed by atoms with Gasteiger partial charge in [-0.25, -0.2) is 4.79 Å². The molecule has 1 amide bonds. The molecule has 0 aromatic heterocycles. The summed E-state index contributed by atoms with van der Waals surface area (Å²) in [4.78, 5) is 11.7. The topological polar surface area (TPSA) is 38.3 Å². The second-order valence-corrected chi connectivity index (χ2v) is 7.35. The van der Waals surface area contributed by atoms with Gasteiger partial charge in [0.15, 0.2) is 0 Å². The Hall–Kier alpha value is -0.380. The lowest BCUT2D eigenvalue weighted by Gasteiger charge is -2.30. The lowest BCUT2D eigenvalue weighted by Crippen LogP contribution is -2.41. The Labute approximate surface area is 115 Å². The number of alkyl carbamates (subject to hydrolysis) is 1. The number of ether oxygens (including phenoxy) is 1. The van der Waals surface area contributed by atoms with Crippen LogP contribution in [0.5, 0.6) is 0 Å². The van der Waals surface area contributed by atoms with Crippen molar-refractivity contribution in [1.82, 2.24) is 5.32 Å². The molecule has 1 saturated carbocycles. The van der Waals surface area contributed by atoms with Crippen molar-refractivity contribution in [3.63, 3.8) is 0 Å². The summed E-state index contributed by atoms with van der Waals surface area (Å²) < 4.78 is 5.30. The quantitative estimate of drug-likeness (QED) is 0.846. The first-order valence-corrected chi connectivity index (χ1v) is 8.13. The molecule has 0 aromatic carbocycles. The first kappa shape index (κ1) is 15.7. The monoisotopic (exact) mass is 273 g/mol. The molecule has 1 N–H and O–H groups in total. The van der Waals surface area contributed by atoms with Gasteiger partial charge in [0.2, 0.25) is 0 Å². The highest BCUT2D eigenvalue weighted by Gasteiger charge is 2.25. The first-order valence-electron chi connectivity index (χ1n) is 6.98. The van der Waals surface area contributed by atoms with Crippen LogP contribution in [0.25, 0.3) is 0 Å². The molecule has 0 aliphatic heterocycles. The molecule has 1 rings (SSSR count). The second-order valence-electron chi connectivity index (χ2n) is 6.04. The van der Waals surface area contributed by atoms with E-state index in [1.165, 1.54) is 24.3 Å². The van der Waals surface area contributed by atoms with Crippen LogP contribution < -0.4 is 5.32 Å². The van der Waals surface area contributed by atoms with Crippen LogP contribution in [0.1, 0.15) is 53.4 Å². The van der Waals surface area contributed by atoms with Crippen LogP contribution in [0.3, 0.4) is 0 Å². The third kappa shape index (κ3) is 6.53. The summed E-state index contributed by atoms with van der Waals surface area (Å²) in [7, 11) is 0. The summed E-state index contributed by atoms with van der Waals surface area (Å²) in [5.41, 5.74) is -0.407. The van der Waals surface area contributed by atoms with Gasteiger partial charge in [-0.2, -0.15) is 11.8 Å². The van der Waals surface area contributed by atoms with Gasteiger partial charge < -0.3 is 10.1 Å². The molecular weight excluding hydrogens is 246 g/mol. The Bertz CT molecular complexity index is 263. The van der Waals surface area contributed by atoms with Gasteiger partial charge in [-0.15, -0.1) is 0 Å². The molecule has 106 valence electrons. The van der Waals surface area contributed by atoms with Gasteiger partial charge in [-0.05, 0) is 57.5 Å². The van der Waals surface area contributed by atoms with E-state index in [9.17, 15) is 4.79 Å². The van der Waals surface area contributed by atoms with E-state index in [1.807, 2.05) is 32.5 Å². The standard InChI is InChI=1S/C14H27NO2S/c1-5-18-10-11-7-6-8-12(9-11)15-13(16)17-14(2,3)4/h11-12H,5-10H2,1-4H3,(H,15,16)/t11-,12-/m1/s1. The van der Waals surface area contributed by atoms with Crippen LogP contribution in [0.2, 0.25) is 0 Å². The maximum absolute atomic E-state index is 11.7. The van der Waals surface area contributed by atoms with Crippen LogP contribution in [-0.4, -0.2) is 29.2 Å². The summed E-state index contributed by atoms with van der Waals surface area (Å²) in [5.74, 6) is 3.16. The summed E-state index contributed by atoms with van der Waals surface area (Å²) in [6.07, 6.45) is 4.45. The van der Waals surface area contributed by atoms with E-state index >= 15 is 0 Å². The smallest absolute Gasteiger partial charge is 0.407 e. The minimum Gasteiger partial charge on any atom is -0.444 e. The van der Waals surface area contributed by atoms with Crippen molar-refractivity contribution in [3.8, 4) is 0 Å². The van der Waals surface area contributed by atoms with Gasteiger partial charge in [0.1, 0.15) is 5.60 Å². The number of thioether (sulfide) groups is 1. The van der Waals surface area contributed by atoms with E-state index in [0.29, 0.717) is 6.04 Å². The molecule has 1 fully saturated rings. The average Bonchev–Trinajstić information content (AvgIpc) is 2.24. The second kappa shape index (κ2) is 7.27. The molecular formula is C14H27NO2S. The van der Waals surface area contributed by atoms with Gasteiger partial charge in [0.05, 0.1) is 0 Å². The number of nitrogens with one attached hydrogen (secondary N) is 1. The van der Waals surface area contributed by atoms with Gasteiger partial charge in [-0.1, -0.05) is 13.3 Å². The Morgan fingerprint density at radius 1 is 1.39 bits per heavy atom. The molecule has 0 heterocycles. The zero-order chi connectivity index (χ0) is 13.6. The lowest BCUT2D eigenvalue weighted by molar-refractivity contribution is 0.0487. The normalized spacial score (nSPS) is 24.7. The molecule has 0 unspecified atom stereocenters. The molecule has 0 saturated heterocycles. The van der Waals surface area contributed by atoms with E-state index in [0.717, 1.165) is 18.8 Å². The highest BCUT2D eigenvalue weighted by molar-refractivity contribution is 7.99. The van der Waals surface area contributed by atoms with Gasteiger partial charge in [-0.3, -0.25) is 0 Å². The van der Waals surface area contributed by atoms with Crippen LogP contribution in [0.4, 0.5) is 4.79 Å². The van der Waals surface area contributed by atoms with Gasteiger partial charge in [0.25, 0.3) is 0 Å². The zero-order valence-electron chi connectivity index (χ0n) is 12.1. The predicted octanol–water partition coefficient (Wildman–Crippen LogP) is 3.82. The van der Waals surface area contributed by atoms with Crippen molar-refractivity contribution in [3.05, 3.63) is 0 Å². The highest BCUT2D eigenvalue weighted by Crippen LogP contribution is 2.27. The molecule has 0 bridgehead atoms. The molecule has 0 aromatic rings. The Morgan fingerprint density at radius 2 is 2.11 bits per heavy atom. The van der Waals surface area contributed by atoms with Crippen molar-refractivity contribution in [2.75, 3.05) is 11.5 Å².